The molecule has 10 heteroatoms. The Kier molecular flexibility index (Phi) is 10.6. The van der Waals surface area contributed by atoms with E-state index in [9.17, 15) is 0 Å². The van der Waals surface area contributed by atoms with Gasteiger partial charge in [0.05, 0.1) is 14.2 Å². The molecule has 1 aromatic carbocycles. The highest BCUT2D eigenvalue weighted by Gasteiger charge is 2.22. The van der Waals surface area contributed by atoms with Crippen LogP contribution in [0.2, 0.25) is 0 Å². The summed E-state index contributed by atoms with van der Waals surface area (Å²) in [6, 6.07) is 6.03. The lowest BCUT2D eigenvalue weighted by molar-refractivity contribution is 0.354. The van der Waals surface area contributed by atoms with Gasteiger partial charge in [0.25, 0.3) is 0 Å². The Morgan fingerprint density at radius 2 is 1.87 bits per heavy atom. The highest BCUT2D eigenvalue weighted by molar-refractivity contribution is 14.0. The molecule has 1 saturated heterocycles. The van der Waals surface area contributed by atoms with Gasteiger partial charge < -0.3 is 24.6 Å². The monoisotopic (exact) mass is 560 g/mol. The van der Waals surface area contributed by atoms with Crippen molar-refractivity contribution in [2.24, 2.45) is 4.99 Å². The molecular weight excluding hydrogens is 527 g/mol. The molecule has 8 nitrogen and oxygen atoms in total. The predicted molar refractivity (Wildman–Crippen MR) is 138 cm³/mol. The fraction of sp³-hybridized carbons (Fsp3) is 0.571. The molecule has 1 aliphatic rings. The molecule has 31 heavy (non-hydrogen) atoms. The van der Waals surface area contributed by atoms with E-state index in [0.29, 0.717) is 6.54 Å². The van der Waals surface area contributed by atoms with Gasteiger partial charge in [0.2, 0.25) is 5.13 Å². The zero-order valence-electron chi connectivity index (χ0n) is 18.8. The van der Waals surface area contributed by atoms with Crippen molar-refractivity contribution in [3.63, 3.8) is 0 Å². The number of nitrogens with zero attached hydrogens (tertiary/aromatic N) is 5. The third-order valence-corrected chi connectivity index (χ3v) is 5.88. The second-order valence-corrected chi connectivity index (χ2v) is 7.73. The number of hydrogen-bond acceptors (Lipinski definition) is 7. The van der Waals surface area contributed by atoms with Gasteiger partial charge in [0.1, 0.15) is 5.82 Å². The van der Waals surface area contributed by atoms with Crippen LogP contribution in [0, 0.1) is 0 Å². The smallest absolute Gasteiger partial charge is 0.205 e. The molecule has 0 amide bonds. The Morgan fingerprint density at radius 1 is 1.13 bits per heavy atom. The summed E-state index contributed by atoms with van der Waals surface area (Å²) in [5, 5.41) is 4.46. The summed E-state index contributed by atoms with van der Waals surface area (Å²) < 4.78 is 15.1. The molecule has 1 fully saturated rings. The first-order chi connectivity index (χ1) is 14.7. The van der Waals surface area contributed by atoms with Crippen molar-refractivity contribution in [2.45, 2.75) is 26.7 Å². The molecule has 0 radical (unpaired) electrons. The number of methoxy groups -OCH3 is 2. The lowest BCUT2D eigenvalue weighted by atomic mass is 10.1. The Balaban J connectivity index is 0.00000341. The van der Waals surface area contributed by atoms with Crippen molar-refractivity contribution in [1.82, 2.24) is 19.6 Å². The van der Waals surface area contributed by atoms with Crippen LogP contribution in [0.25, 0.3) is 0 Å². The van der Waals surface area contributed by atoms with Crippen LogP contribution in [-0.4, -0.2) is 73.7 Å². The molecule has 3 rings (SSSR count). The predicted octanol–water partition coefficient (Wildman–Crippen LogP) is 3.07. The minimum absolute atomic E-state index is 0. The minimum Gasteiger partial charge on any atom is -0.493 e. The maximum Gasteiger partial charge on any atom is 0.205 e. The van der Waals surface area contributed by atoms with Gasteiger partial charge in [-0.2, -0.15) is 4.37 Å². The molecule has 0 spiro atoms. The average Bonchev–Trinajstić information content (AvgIpc) is 3.28. The number of halogens is 1. The number of aromatic nitrogens is 2. The SMILES string of the molecule is CCNC(=NCCc1ccc(OC)c(OC)c1)N1CCN(c2nc(CC)ns2)CC1.I. The summed E-state index contributed by atoms with van der Waals surface area (Å²) >= 11 is 1.50. The van der Waals surface area contributed by atoms with Gasteiger partial charge >= 0.3 is 0 Å². The topological polar surface area (TPSA) is 75.1 Å². The van der Waals surface area contributed by atoms with E-state index in [-0.39, 0.29) is 24.0 Å². The lowest BCUT2D eigenvalue weighted by Gasteiger charge is -2.36. The van der Waals surface area contributed by atoms with Gasteiger partial charge in [-0.1, -0.05) is 13.0 Å². The summed E-state index contributed by atoms with van der Waals surface area (Å²) in [5.74, 6) is 3.41. The largest absolute Gasteiger partial charge is 0.493 e. The fourth-order valence-electron chi connectivity index (χ4n) is 3.38. The van der Waals surface area contributed by atoms with Gasteiger partial charge in [-0.05, 0) is 31.0 Å². The van der Waals surface area contributed by atoms with E-state index in [1.54, 1.807) is 14.2 Å². The van der Waals surface area contributed by atoms with Crippen LogP contribution in [0.1, 0.15) is 25.2 Å². The lowest BCUT2D eigenvalue weighted by Crippen LogP contribution is -2.52. The number of aliphatic imine (C=N–C) groups is 1. The van der Waals surface area contributed by atoms with Crippen LogP contribution >= 0.6 is 35.5 Å². The highest BCUT2D eigenvalue weighted by atomic mass is 127. The second-order valence-electron chi connectivity index (χ2n) is 7.00. The van der Waals surface area contributed by atoms with E-state index < -0.39 is 0 Å². The first-order valence-electron chi connectivity index (χ1n) is 10.5. The standard InChI is InChI=1S/C21H32N6O2S.HI/c1-5-19-24-21(30-25-19)27-13-11-26(12-14-27)20(22-6-2)23-10-9-16-7-8-17(28-3)18(15-16)29-4;/h7-8,15H,5-6,9-14H2,1-4H3,(H,22,23);1H. The number of nitrogens with one attached hydrogen (secondary N) is 1. The summed E-state index contributed by atoms with van der Waals surface area (Å²) in [5.41, 5.74) is 1.18. The Morgan fingerprint density at radius 3 is 2.48 bits per heavy atom. The normalized spacial score (nSPS) is 14.3. The van der Waals surface area contributed by atoms with Gasteiger partial charge in [-0.3, -0.25) is 4.99 Å². The van der Waals surface area contributed by atoms with Crippen LogP contribution in [0.5, 0.6) is 11.5 Å². The van der Waals surface area contributed by atoms with Gasteiger partial charge in [0.15, 0.2) is 17.5 Å². The number of ether oxygens (including phenoxy) is 2. The van der Waals surface area contributed by atoms with Gasteiger partial charge in [-0.15, -0.1) is 24.0 Å². The molecule has 0 bridgehead atoms. The molecule has 1 N–H and O–H groups in total. The summed E-state index contributed by atoms with van der Waals surface area (Å²) in [6.07, 6.45) is 1.73. The van der Waals surface area contributed by atoms with E-state index in [1.165, 1.54) is 17.1 Å². The van der Waals surface area contributed by atoms with E-state index in [4.69, 9.17) is 14.5 Å². The highest BCUT2D eigenvalue weighted by Crippen LogP contribution is 2.27. The zero-order valence-corrected chi connectivity index (χ0v) is 21.9. The fourth-order valence-corrected chi connectivity index (χ4v) is 4.18. The van der Waals surface area contributed by atoms with Crippen molar-refractivity contribution in [3.8, 4) is 11.5 Å². The molecular formula is C21H33IN6O2S. The molecule has 1 aliphatic heterocycles. The Bertz CT molecular complexity index is 839. The molecule has 0 saturated carbocycles. The zero-order chi connectivity index (χ0) is 21.3. The van der Waals surface area contributed by atoms with E-state index >= 15 is 0 Å². The van der Waals surface area contributed by atoms with Gasteiger partial charge in [-0.25, -0.2) is 4.98 Å². The van der Waals surface area contributed by atoms with Crippen LogP contribution in [0.4, 0.5) is 5.13 Å². The van der Waals surface area contributed by atoms with Crippen LogP contribution in [-0.2, 0) is 12.8 Å². The first kappa shape index (κ1) is 25.4. The second kappa shape index (κ2) is 12.9. The maximum atomic E-state index is 5.40. The number of aryl methyl sites for hydroxylation is 1. The average molecular weight is 561 g/mol. The summed E-state index contributed by atoms with van der Waals surface area (Å²) in [6.45, 7) is 9.46. The van der Waals surface area contributed by atoms with Crippen molar-refractivity contribution in [1.29, 1.82) is 0 Å². The van der Waals surface area contributed by atoms with Crippen molar-refractivity contribution < 1.29 is 9.47 Å². The van der Waals surface area contributed by atoms with E-state index in [2.05, 4.69) is 44.4 Å². The van der Waals surface area contributed by atoms with Crippen LogP contribution in [0.3, 0.4) is 0 Å². The Labute approximate surface area is 206 Å². The molecule has 172 valence electrons. The van der Waals surface area contributed by atoms with Crippen molar-refractivity contribution in [3.05, 3.63) is 29.6 Å². The number of guanidine groups is 1. The Hall–Kier alpha value is -1.82. The molecule has 2 heterocycles. The molecule has 0 atom stereocenters. The van der Waals surface area contributed by atoms with Crippen molar-refractivity contribution >= 4 is 46.6 Å². The quantitative estimate of drug-likeness (QED) is 0.302. The molecule has 1 aromatic heterocycles. The minimum atomic E-state index is 0. The molecule has 0 unspecified atom stereocenters. The number of rotatable bonds is 8. The third kappa shape index (κ3) is 6.83. The van der Waals surface area contributed by atoms with Crippen molar-refractivity contribution in [2.75, 3.05) is 58.4 Å². The molecule has 2 aromatic rings. The number of piperazine rings is 1. The van der Waals surface area contributed by atoms with E-state index in [0.717, 1.165) is 74.0 Å². The maximum absolute atomic E-state index is 5.40. The van der Waals surface area contributed by atoms with E-state index in [1.807, 2.05) is 12.1 Å². The third-order valence-electron chi connectivity index (χ3n) is 5.07. The summed E-state index contributed by atoms with van der Waals surface area (Å²) in [4.78, 5) is 14.1. The number of hydrogen-bond donors (Lipinski definition) is 1. The van der Waals surface area contributed by atoms with Crippen LogP contribution < -0.4 is 19.7 Å². The van der Waals surface area contributed by atoms with Crippen LogP contribution in [0.15, 0.2) is 23.2 Å². The summed E-state index contributed by atoms with van der Waals surface area (Å²) in [7, 11) is 3.31. The number of benzene rings is 1. The van der Waals surface area contributed by atoms with Gasteiger partial charge in [0, 0.05) is 57.2 Å². The molecule has 0 aliphatic carbocycles. The number of anilines is 1. The first-order valence-corrected chi connectivity index (χ1v) is 11.3.